The molecule has 2 saturated carbocycles. The lowest BCUT2D eigenvalue weighted by Crippen LogP contribution is -2.52. The minimum atomic E-state index is -0.613. The van der Waals surface area contributed by atoms with Gasteiger partial charge in [-0.2, -0.15) is 5.26 Å². The second kappa shape index (κ2) is 8.79. The van der Waals surface area contributed by atoms with Gasteiger partial charge in [0.1, 0.15) is 17.9 Å². The third-order valence-electron chi connectivity index (χ3n) is 7.74. The van der Waals surface area contributed by atoms with Crippen molar-refractivity contribution in [1.29, 1.82) is 5.26 Å². The van der Waals surface area contributed by atoms with Crippen molar-refractivity contribution in [2.45, 2.75) is 82.5 Å². The number of rotatable bonds is 6. The fourth-order valence-corrected chi connectivity index (χ4v) is 5.53. The third-order valence-corrected chi connectivity index (χ3v) is 7.74. The van der Waals surface area contributed by atoms with E-state index in [1.807, 2.05) is 12.1 Å². The second-order valence-corrected chi connectivity index (χ2v) is 9.89. The van der Waals surface area contributed by atoms with E-state index in [2.05, 4.69) is 16.7 Å². The maximum absolute atomic E-state index is 12.9. The Labute approximate surface area is 193 Å². The monoisotopic (exact) mass is 450 g/mol. The van der Waals surface area contributed by atoms with Gasteiger partial charge in [-0.1, -0.05) is 12.8 Å². The number of amides is 3. The standard InChI is InChI=1S/C25H30N4O4/c26-14-25(10-3-11-25)15-27-19-4-1-2-5-21(19)33-17-6-7-18-16(12-17)13-29(24(18)32)20-8-9-22(30)28-23(20)31/h6-7,12,19-21,27H,1-5,8-11,13,15H2,(H,28,30,31). The van der Waals surface area contributed by atoms with Crippen molar-refractivity contribution in [3.63, 3.8) is 0 Å². The van der Waals surface area contributed by atoms with Gasteiger partial charge in [0, 0.05) is 31.1 Å². The molecule has 0 aromatic heterocycles. The average Bonchev–Trinajstić information content (AvgIpc) is 3.10. The van der Waals surface area contributed by atoms with Crippen molar-refractivity contribution in [3.05, 3.63) is 29.3 Å². The summed E-state index contributed by atoms with van der Waals surface area (Å²) < 4.78 is 6.40. The number of piperidine rings is 1. The molecule has 3 unspecified atom stereocenters. The van der Waals surface area contributed by atoms with E-state index in [0.29, 0.717) is 25.1 Å². The Morgan fingerprint density at radius 1 is 1.15 bits per heavy atom. The summed E-state index contributed by atoms with van der Waals surface area (Å²) in [4.78, 5) is 38.2. The van der Waals surface area contributed by atoms with Crippen LogP contribution in [0.2, 0.25) is 0 Å². The van der Waals surface area contributed by atoms with Crippen LogP contribution in [0.3, 0.4) is 0 Å². The van der Waals surface area contributed by atoms with Crippen LogP contribution in [0.4, 0.5) is 0 Å². The topological polar surface area (TPSA) is 112 Å². The lowest BCUT2D eigenvalue weighted by atomic mass is 9.70. The molecule has 8 nitrogen and oxygen atoms in total. The maximum Gasteiger partial charge on any atom is 0.255 e. The van der Waals surface area contributed by atoms with Crippen LogP contribution in [0, 0.1) is 16.7 Å². The summed E-state index contributed by atoms with van der Waals surface area (Å²) in [6.07, 6.45) is 7.93. The summed E-state index contributed by atoms with van der Waals surface area (Å²) >= 11 is 0. The highest BCUT2D eigenvalue weighted by atomic mass is 16.5. The molecule has 3 fully saturated rings. The third kappa shape index (κ3) is 4.22. The van der Waals surface area contributed by atoms with Crippen molar-refractivity contribution in [2.24, 2.45) is 5.41 Å². The molecule has 3 atom stereocenters. The molecule has 0 radical (unpaired) electrons. The van der Waals surface area contributed by atoms with Crippen molar-refractivity contribution in [1.82, 2.24) is 15.5 Å². The molecular weight excluding hydrogens is 420 g/mol. The van der Waals surface area contributed by atoms with Crippen molar-refractivity contribution < 1.29 is 19.1 Å². The highest BCUT2D eigenvalue weighted by molar-refractivity contribution is 6.05. The van der Waals surface area contributed by atoms with Gasteiger partial charge >= 0.3 is 0 Å². The molecule has 1 aromatic carbocycles. The number of hydrogen-bond acceptors (Lipinski definition) is 6. The summed E-state index contributed by atoms with van der Waals surface area (Å²) in [5, 5.41) is 15.5. The lowest BCUT2D eigenvalue weighted by Gasteiger charge is -2.39. The van der Waals surface area contributed by atoms with Gasteiger partial charge in [0.25, 0.3) is 5.91 Å². The normalized spacial score (nSPS) is 28.5. The van der Waals surface area contributed by atoms with Gasteiger partial charge in [-0.05, 0) is 62.3 Å². The van der Waals surface area contributed by atoms with Gasteiger partial charge in [-0.25, -0.2) is 0 Å². The molecule has 174 valence electrons. The molecule has 1 saturated heterocycles. The molecule has 0 spiro atoms. The van der Waals surface area contributed by atoms with E-state index in [1.165, 1.54) is 0 Å². The van der Waals surface area contributed by atoms with Crippen molar-refractivity contribution in [2.75, 3.05) is 6.54 Å². The van der Waals surface area contributed by atoms with Crippen LogP contribution in [0.1, 0.15) is 73.7 Å². The molecule has 1 aromatic rings. The number of carbonyl (C=O) groups excluding carboxylic acids is 3. The van der Waals surface area contributed by atoms with Gasteiger partial charge in [-0.3, -0.25) is 19.7 Å². The Morgan fingerprint density at radius 3 is 2.70 bits per heavy atom. The number of nitrogens with one attached hydrogen (secondary N) is 2. The first kappa shape index (κ1) is 21.9. The molecule has 4 aliphatic rings. The van der Waals surface area contributed by atoms with E-state index in [4.69, 9.17) is 4.74 Å². The number of nitrogens with zero attached hydrogens (tertiary/aromatic N) is 2. The first-order valence-corrected chi connectivity index (χ1v) is 12.1. The molecular formula is C25H30N4O4. The van der Waals surface area contributed by atoms with E-state index in [9.17, 15) is 19.6 Å². The smallest absolute Gasteiger partial charge is 0.255 e. The fraction of sp³-hybridized carbons (Fsp3) is 0.600. The zero-order valence-electron chi connectivity index (χ0n) is 18.8. The predicted molar refractivity (Wildman–Crippen MR) is 119 cm³/mol. The Morgan fingerprint density at radius 2 is 1.97 bits per heavy atom. The number of carbonyl (C=O) groups is 3. The van der Waals surface area contributed by atoms with Crippen LogP contribution in [0.15, 0.2) is 18.2 Å². The van der Waals surface area contributed by atoms with Gasteiger partial charge < -0.3 is 15.0 Å². The zero-order valence-corrected chi connectivity index (χ0v) is 18.8. The Balaban J connectivity index is 1.25. The molecule has 5 rings (SSSR count). The van der Waals surface area contributed by atoms with Crippen LogP contribution in [-0.2, 0) is 16.1 Å². The van der Waals surface area contributed by atoms with Crippen molar-refractivity contribution >= 4 is 17.7 Å². The Kier molecular flexibility index (Phi) is 5.83. The van der Waals surface area contributed by atoms with Gasteiger partial charge in [0.2, 0.25) is 11.8 Å². The summed E-state index contributed by atoms with van der Waals surface area (Å²) in [5.74, 6) is -0.138. The summed E-state index contributed by atoms with van der Waals surface area (Å²) in [7, 11) is 0. The number of imide groups is 1. The zero-order chi connectivity index (χ0) is 23.0. The van der Waals surface area contributed by atoms with E-state index in [1.54, 1.807) is 11.0 Å². The summed E-state index contributed by atoms with van der Waals surface area (Å²) in [6.45, 7) is 1.06. The van der Waals surface area contributed by atoms with E-state index in [-0.39, 0.29) is 35.8 Å². The van der Waals surface area contributed by atoms with Gasteiger partial charge in [0.05, 0.1) is 11.5 Å². The molecule has 2 aliphatic heterocycles. The van der Waals surface area contributed by atoms with E-state index in [0.717, 1.165) is 56.3 Å². The van der Waals surface area contributed by atoms with Crippen LogP contribution in [-0.4, -0.2) is 47.4 Å². The van der Waals surface area contributed by atoms with Crippen LogP contribution in [0.25, 0.3) is 0 Å². The number of fused-ring (bicyclic) bond motifs is 1. The highest BCUT2D eigenvalue weighted by Crippen LogP contribution is 2.40. The molecule has 0 bridgehead atoms. The van der Waals surface area contributed by atoms with E-state index >= 15 is 0 Å². The largest absolute Gasteiger partial charge is 0.489 e. The average molecular weight is 451 g/mol. The summed E-state index contributed by atoms with van der Waals surface area (Å²) in [5.41, 5.74) is 1.22. The van der Waals surface area contributed by atoms with Gasteiger partial charge in [-0.15, -0.1) is 0 Å². The predicted octanol–water partition coefficient (Wildman–Crippen LogP) is 2.42. The summed E-state index contributed by atoms with van der Waals surface area (Å²) in [6, 6.07) is 7.62. The first-order chi connectivity index (χ1) is 16.0. The van der Waals surface area contributed by atoms with Crippen molar-refractivity contribution in [3.8, 4) is 11.8 Å². The number of hydrogen-bond donors (Lipinski definition) is 2. The Hall–Kier alpha value is -2.92. The first-order valence-electron chi connectivity index (χ1n) is 12.1. The van der Waals surface area contributed by atoms with Gasteiger partial charge in [0.15, 0.2) is 0 Å². The molecule has 2 aliphatic carbocycles. The Bertz CT molecular complexity index is 1010. The molecule has 2 heterocycles. The van der Waals surface area contributed by atoms with E-state index < -0.39 is 11.9 Å². The van der Waals surface area contributed by atoms with Crippen LogP contribution < -0.4 is 15.4 Å². The van der Waals surface area contributed by atoms with Crippen LogP contribution >= 0.6 is 0 Å². The lowest BCUT2D eigenvalue weighted by molar-refractivity contribution is -0.136. The quantitative estimate of drug-likeness (QED) is 0.644. The molecule has 8 heteroatoms. The number of ether oxygens (including phenoxy) is 1. The molecule has 3 amide bonds. The van der Waals surface area contributed by atoms with Crippen LogP contribution in [0.5, 0.6) is 5.75 Å². The fourth-order valence-electron chi connectivity index (χ4n) is 5.53. The number of benzene rings is 1. The molecule has 33 heavy (non-hydrogen) atoms. The highest BCUT2D eigenvalue weighted by Gasteiger charge is 2.40. The maximum atomic E-state index is 12.9. The second-order valence-electron chi connectivity index (χ2n) is 9.89. The SMILES string of the molecule is N#CC1(CNC2CCCCC2Oc2ccc3c(c2)CN(C2CCC(=O)NC2=O)C3=O)CCC1. The minimum absolute atomic E-state index is 0.0240. The molecule has 2 N–H and O–H groups in total. The number of nitriles is 1. The minimum Gasteiger partial charge on any atom is -0.489 e.